The lowest BCUT2D eigenvalue weighted by Gasteiger charge is -2.06. The molecule has 0 unspecified atom stereocenters. The van der Waals surface area contributed by atoms with Crippen LogP contribution in [-0.4, -0.2) is 22.1 Å². The monoisotopic (exact) mass is 241 g/mol. The second-order valence-electron chi connectivity index (χ2n) is 3.43. The van der Waals surface area contributed by atoms with Gasteiger partial charge >= 0.3 is 6.18 Å². The Morgan fingerprint density at radius 1 is 1.24 bits per heavy atom. The van der Waals surface area contributed by atoms with E-state index in [0.29, 0.717) is 5.52 Å². The summed E-state index contributed by atoms with van der Waals surface area (Å²) < 4.78 is 36.6. The van der Waals surface area contributed by atoms with Crippen molar-refractivity contribution in [2.24, 2.45) is 0 Å². The first-order valence-electron chi connectivity index (χ1n) is 4.58. The Morgan fingerprint density at radius 2 is 1.94 bits per heavy atom. The number of hydrogen-bond donors (Lipinski definition) is 1. The van der Waals surface area contributed by atoms with Crippen LogP contribution in [0.4, 0.5) is 13.2 Å². The normalized spacial score (nSPS) is 11.7. The SMILES string of the molecule is O=C(c1ccc2ncc(O)cc2c1)C(F)(F)F. The highest BCUT2D eigenvalue weighted by molar-refractivity contribution is 6.02. The van der Waals surface area contributed by atoms with Crippen molar-refractivity contribution in [1.82, 2.24) is 4.98 Å². The fourth-order valence-corrected chi connectivity index (χ4v) is 1.42. The van der Waals surface area contributed by atoms with Gasteiger partial charge in [0.2, 0.25) is 0 Å². The van der Waals surface area contributed by atoms with Gasteiger partial charge < -0.3 is 5.11 Å². The lowest BCUT2D eigenvalue weighted by molar-refractivity contribution is -0.0885. The summed E-state index contributed by atoms with van der Waals surface area (Å²) in [5, 5.41) is 9.43. The van der Waals surface area contributed by atoms with E-state index in [9.17, 15) is 18.0 Å². The van der Waals surface area contributed by atoms with Crippen molar-refractivity contribution in [3.63, 3.8) is 0 Å². The molecular weight excluding hydrogens is 235 g/mol. The van der Waals surface area contributed by atoms with Crippen LogP contribution in [0.15, 0.2) is 30.5 Å². The number of benzene rings is 1. The molecule has 0 aliphatic rings. The van der Waals surface area contributed by atoms with Crippen LogP contribution in [-0.2, 0) is 0 Å². The van der Waals surface area contributed by atoms with Crippen LogP contribution in [0.25, 0.3) is 10.9 Å². The van der Waals surface area contributed by atoms with Crippen LogP contribution in [0.3, 0.4) is 0 Å². The Kier molecular flexibility index (Phi) is 2.49. The van der Waals surface area contributed by atoms with Crippen LogP contribution in [0.1, 0.15) is 10.4 Å². The molecule has 0 saturated carbocycles. The summed E-state index contributed by atoms with van der Waals surface area (Å²) in [5.41, 5.74) is -0.0704. The van der Waals surface area contributed by atoms with Crippen molar-refractivity contribution in [3.05, 3.63) is 36.0 Å². The van der Waals surface area contributed by atoms with Gasteiger partial charge in [-0.15, -0.1) is 0 Å². The Morgan fingerprint density at radius 3 is 2.59 bits per heavy atom. The standard InChI is InChI=1S/C11H6F3NO2/c12-11(13,14)10(17)6-1-2-9-7(3-6)4-8(16)5-15-9/h1-5,16H. The van der Waals surface area contributed by atoms with Crippen LogP contribution in [0, 0.1) is 0 Å². The van der Waals surface area contributed by atoms with Gasteiger partial charge in [-0.05, 0) is 24.3 Å². The maximum Gasteiger partial charge on any atom is 0.454 e. The van der Waals surface area contributed by atoms with Gasteiger partial charge in [0.05, 0.1) is 11.7 Å². The number of aromatic nitrogens is 1. The van der Waals surface area contributed by atoms with Gasteiger partial charge in [0.1, 0.15) is 5.75 Å². The maximum absolute atomic E-state index is 12.2. The first-order chi connectivity index (χ1) is 7.88. The molecule has 88 valence electrons. The minimum Gasteiger partial charge on any atom is -0.506 e. The third kappa shape index (κ3) is 2.20. The molecule has 0 amide bonds. The van der Waals surface area contributed by atoms with E-state index in [1.54, 1.807) is 0 Å². The van der Waals surface area contributed by atoms with E-state index in [2.05, 4.69) is 4.98 Å². The average molecular weight is 241 g/mol. The molecule has 2 aromatic rings. The van der Waals surface area contributed by atoms with Gasteiger partial charge in [0, 0.05) is 10.9 Å². The number of halogens is 3. The third-order valence-corrected chi connectivity index (χ3v) is 2.19. The van der Waals surface area contributed by atoms with Crippen molar-refractivity contribution < 1.29 is 23.1 Å². The van der Waals surface area contributed by atoms with Gasteiger partial charge in [-0.2, -0.15) is 13.2 Å². The van der Waals surface area contributed by atoms with Gasteiger partial charge in [-0.3, -0.25) is 9.78 Å². The van der Waals surface area contributed by atoms with Gasteiger partial charge in [-0.25, -0.2) is 0 Å². The minimum atomic E-state index is -4.90. The molecule has 0 saturated heterocycles. The molecule has 6 heteroatoms. The van der Waals surface area contributed by atoms with Crippen molar-refractivity contribution >= 4 is 16.7 Å². The van der Waals surface area contributed by atoms with Crippen LogP contribution in [0.2, 0.25) is 0 Å². The topological polar surface area (TPSA) is 50.2 Å². The highest BCUT2D eigenvalue weighted by atomic mass is 19.4. The molecule has 0 bridgehead atoms. The van der Waals surface area contributed by atoms with Crippen LogP contribution < -0.4 is 0 Å². The Labute approximate surface area is 93.5 Å². The molecule has 1 heterocycles. The molecular formula is C11H6F3NO2. The number of nitrogens with zero attached hydrogens (tertiary/aromatic N) is 1. The zero-order valence-electron chi connectivity index (χ0n) is 8.32. The zero-order chi connectivity index (χ0) is 12.6. The lowest BCUT2D eigenvalue weighted by Crippen LogP contribution is -2.22. The van der Waals surface area contributed by atoms with Crippen molar-refractivity contribution in [2.45, 2.75) is 6.18 Å². The number of pyridine rings is 1. The number of hydrogen-bond acceptors (Lipinski definition) is 3. The maximum atomic E-state index is 12.2. The van der Waals surface area contributed by atoms with Crippen LogP contribution >= 0.6 is 0 Å². The first kappa shape index (κ1) is 11.4. The summed E-state index contributed by atoms with van der Waals surface area (Å²) in [6.07, 6.45) is -3.73. The molecule has 0 aliphatic carbocycles. The molecule has 3 nitrogen and oxygen atoms in total. The molecule has 2 rings (SSSR count). The average Bonchev–Trinajstić information content (AvgIpc) is 2.25. The van der Waals surface area contributed by atoms with Gasteiger partial charge in [0.25, 0.3) is 5.78 Å². The van der Waals surface area contributed by atoms with Gasteiger partial charge in [-0.1, -0.05) is 0 Å². The summed E-state index contributed by atoms with van der Waals surface area (Å²) in [6.45, 7) is 0. The fourth-order valence-electron chi connectivity index (χ4n) is 1.42. The van der Waals surface area contributed by atoms with Crippen molar-refractivity contribution in [2.75, 3.05) is 0 Å². The number of rotatable bonds is 1. The number of ketones is 1. The number of Topliss-reactive ketones (excluding diaryl/α,β-unsaturated/α-hetero) is 1. The summed E-state index contributed by atoms with van der Waals surface area (Å²) in [6, 6.07) is 4.66. The number of fused-ring (bicyclic) bond motifs is 1. The van der Waals surface area contributed by atoms with Crippen LogP contribution in [0.5, 0.6) is 5.75 Å². The Bertz CT molecular complexity index is 593. The predicted octanol–water partition coefficient (Wildman–Crippen LogP) is 2.69. The van der Waals surface area contributed by atoms with E-state index < -0.39 is 17.5 Å². The number of aromatic hydroxyl groups is 1. The number of alkyl halides is 3. The smallest absolute Gasteiger partial charge is 0.454 e. The van der Waals surface area contributed by atoms with E-state index in [1.165, 1.54) is 18.3 Å². The number of carbonyl (C=O) groups excluding carboxylic acids is 1. The fraction of sp³-hybridized carbons (Fsp3) is 0.0909. The third-order valence-electron chi connectivity index (χ3n) is 2.19. The molecule has 0 fully saturated rings. The Balaban J connectivity index is 2.54. The minimum absolute atomic E-state index is 0.172. The summed E-state index contributed by atoms with van der Waals surface area (Å²) in [4.78, 5) is 14.8. The van der Waals surface area contributed by atoms with E-state index in [4.69, 9.17) is 5.11 Å². The molecule has 0 radical (unpaired) electrons. The van der Waals surface area contributed by atoms with E-state index in [1.807, 2.05) is 0 Å². The first-order valence-corrected chi connectivity index (χ1v) is 4.58. The zero-order valence-corrected chi connectivity index (χ0v) is 8.32. The number of carbonyl (C=O) groups is 1. The van der Waals surface area contributed by atoms with Crippen molar-refractivity contribution in [3.8, 4) is 5.75 Å². The molecule has 0 aliphatic heterocycles. The molecule has 1 aromatic heterocycles. The molecule has 17 heavy (non-hydrogen) atoms. The highest BCUT2D eigenvalue weighted by Gasteiger charge is 2.39. The molecule has 0 atom stereocenters. The second-order valence-corrected chi connectivity index (χ2v) is 3.43. The van der Waals surface area contributed by atoms with Gasteiger partial charge in [0.15, 0.2) is 0 Å². The highest BCUT2D eigenvalue weighted by Crippen LogP contribution is 2.24. The Hall–Kier alpha value is -2.11. The quantitative estimate of drug-likeness (QED) is 0.781. The second kappa shape index (κ2) is 3.73. The summed E-state index contributed by atoms with van der Waals surface area (Å²) in [7, 11) is 0. The largest absolute Gasteiger partial charge is 0.506 e. The van der Waals surface area contributed by atoms with E-state index in [-0.39, 0.29) is 11.1 Å². The lowest BCUT2D eigenvalue weighted by atomic mass is 10.1. The molecule has 0 spiro atoms. The van der Waals surface area contributed by atoms with Crippen molar-refractivity contribution in [1.29, 1.82) is 0 Å². The van der Waals surface area contributed by atoms with E-state index in [0.717, 1.165) is 12.1 Å². The summed E-state index contributed by atoms with van der Waals surface area (Å²) >= 11 is 0. The molecule has 1 aromatic carbocycles. The molecule has 1 N–H and O–H groups in total. The van der Waals surface area contributed by atoms with E-state index >= 15 is 0 Å². The summed E-state index contributed by atoms with van der Waals surface area (Å²) in [5.74, 6) is -2.09. The predicted molar refractivity (Wildman–Crippen MR) is 53.8 cm³/mol.